The molecule has 8 heteroatoms. The summed E-state index contributed by atoms with van der Waals surface area (Å²) in [4.78, 5) is 29.9. The Balaban J connectivity index is 1.91. The molecule has 0 unspecified atom stereocenters. The molecule has 19 heavy (non-hydrogen) atoms. The Morgan fingerprint density at radius 2 is 2.21 bits per heavy atom. The topological polar surface area (TPSA) is 110 Å². The number of pyridine rings is 1. The van der Waals surface area contributed by atoms with Crippen LogP contribution in [-0.4, -0.2) is 36.7 Å². The average Bonchev–Trinajstić information content (AvgIpc) is 2.90. The molecule has 1 amide bonds. The molecule has 2 aromatic heterocycles. The smallest absolute Gasteiger partial charge is 0.354 e. The Bertz CT molecular complexity index is 582. The van der Waals surface area contributed by atoms with Crippen LogP contribution in [0.3, 0.4) is 0 Å². The number of aromatic carboxylic acids is 1. The van der Waals surface area contributed by atoms with Crippen molar-refractivity contribution in [3.05, 3.63) is 36.5 Å². The fourth-order valence-electron chi connectivity index (χ4n) is 1.39. The van der Waals surface area contributed by atoms with Gasteiger partial charge in [0, 0.05) is 6.42 Å². The van der Waals surface area contributed by atoms with Crippen LogP contribution in [0.15, 0.2) is 30.9 Å². The predicted molar refractivity (Wildman–Crippen MR) is 64.5 cm³/mol. The van der Waals surface area contributed by atoms with Gasteiger partial charge in [0.25, 0.3) is 0 Å². The molecule has 0 fully saturated rings. The molecule has 2 N–H and O–H groups in total. The van der Waals surface area contributed by atoms with Gasteiger partial charge in [0.2, 0.25) is 5.91 Å². The number of aryl methyl sites for hydroxylation is 1. The highest BCUT2D eigenvalue weighted by Gasteiger charge is 2.08. The Kier molecular flexibility index (Phi) is 3.81. The molecule has 0 bridgehead atoms. The summed E-state index contributed by atoms with van der Waals surface area (Å²) in [6.07, 6.45) is 3.09. The lowest BCUT2D eigenvalue weighted by molar-refractivity contribution is -0.116. The highest BCUT2D eigenvalue weighted by Crippen LogP contribution is 2.05. The van der Waals surface area contributed by atoms with Gasteiger partial charge in [-0.3, -0.25) is 9.48 Å². The Morgan fingerprint density at radius 1 is 1.37 bits per heavy atom. The first kappa shape index (κ1) is 12.7. The maximum atomic E-state index is 11.6. The molecule has 0 saturated carbocycles. The zero-order chi connectivity index (χ0) is 13.7. The van der Waals surface area contributed by atoms with E-state index in [4.69, 9.17) is 5.11 Å². The van der Waals surface area contributed by atoms with E-state index in [0.717, 1.165) is 0 Å². The van der Waals surface area contributed by atoms with Crippen LogP contribution in [0.1, 0.15) is 16.9 Å². The van der Waals surface area contributed by atoms with E-state index in [1.807, 2.05) is 0 Å². The second-order valence-electron chi connectivity index (χ2n) is 3.67. The summed E-state index contributed by atoms with van der Waals surface area (Å²) in [5.41, 5.74) is -0.117. The number of carbonyl (C=O) groups excluding carboxylic acids is 1. The molecule has 0 aliphatic rings. The molecule has 0 spiro atoms. The van der Waals surface area contributed by atoms with Gasteiger partial charge in [-0.2, -0.15) is 5.10 Å². The molecular formula is C11H11N5O3. The van der Waals surface area contributed by atoms with Crippen LogP contribution in [0.25, 0.3) is 0 Å². The van der Waals surface area contributed by atoms with Crippen LogP contribution in [0.4, 0.5) is 5.82 Å². The van der Waals surface area contributed by atoms with Gasteiger partial charge < -0.3 is 10.4 Å². The van der Waals surface area contributed by atoms with E-state index in [9.17, 15) is 9.59 Å². The standard InChI is InChI=1S/C11H11N5O3/c17-10(4-5-16-7-12-6-13-16)15-9-3-1-2-8(14-9)11(18)19/h1-3,6-7H,4-5H2,(H,18,19)(H,14,15,17). The number of hydrogen-bond acceptors (Lipinski definition) is 5. The second kappa shape index (κ2) is 5.71. The summed E-state index contributed by atoms with van der Waals surface area (Å²) in [6, 6.07) is 4.40. The fourth-order valence-corrected chi connectivity index (χ4v) is 1.39. The minimum atomic E-state index is -1.14. The maximum Gasteiger partial charge on any atom is 0.354 e. The van der Waals surface area contributed by atoms with E-state index in [1.165, 1.54) is 35.5 Å². The van der Waals surface area contributed by atoms with E-state index in [2.05, 4.69) is 20.4 Å². The molecule has 2 aromatic rings. The number of anilines is 1. The summed E-state index contributed by atoms with van der Waals surface area (Å²) in [7, 11) is 0. The van der Waals surface area contributed by atoms with Gasteiger partial charge in [0.05, 0.1) is 6.54 Å². The quantitative estimate of drug-likeness (QED) is 0.806. The van der Waals surface area contributed by atoms with Crippen molar-refractivity contribution in [3.63, 3.8) is 0 Å². The van der Waals surface area contributed by atoms with Gasteiger partial charge in [0.1, 0.15) is 18.5 Å². The first-order valence-corrected chi connectivity index (χ1v) is 5.48. The predicted octanol–water partition coefficient (Wildman–Crippen LogP) is 0.400. The largest absolute Gasteiger partial charge is 0.477 e. The molecular weight excluding hydrogens is 250 g/mol. The van der Waals surface area contributed by atoms with Gasteiger partial charge in [-0.25, -0.2) is 14.8 Å². The third-order valence-electron chi connectivity index (χ3n) is 2.27. The zero-order valence-corrected chi connectivity index (χ0v) is 9.85. The number of carbonyl (C=O) groups is 2. The maximum absolute atomic E-state index is 11.6. The van der Waals surface area contributed by atoms with Crippen molar-refractivity contribution in [1.29, 1.82) is 0 Å². The number of carboxylic acid groups (broad SMARTS) is 1. The third-order valence-corrected chi connectivity index (χ3v) is 2.27. The normalized spacial score (nSPS) is 10.1. The summed E-state index contributed by atoms with van der Waals surface area (Å²) >= 11 is 0. The second-order valence-corrected chi connectivity index (χ2v) is 3.67. The summed E-state index contributed by atoms with van der Waals surface area (Å²) < 4.78 is 1.53. The number of aromatic nitrogens is 4. The van der Waals surface area contributed by atoms with Crippen LogP contribution in [0.5, 0.6) is 0 Å². The van der Waals surface area contributed by atoms with Crippen molar-refractivity contribution >= 4 is 17.7 Å². The van der Waals surface area contributed by atoms with E-state index in [-0.39, 0.29) is 23.8 Å². The first-order chi connectivity index (χ1) is 9.15. The van der Waals surface area contributed by atoms with Gasteiger partial charge >= 0.3 is 5.97 Å². The van der Waals surface area contributed by atoms with Crippen LogP contribution in [0, 0.1) is 0 Å². The molecule has 2 heterocycles. The van der Waals surface area contributed by atoms with E-state index >= 15 is 0 Å². The molecule has 98 valence electrons. The van der Waals surface area contributed by atoms with Crippen LogP contribution in [0.2, 0.25) is 0 Å². The lowest BCUT2D eigenvalue weighted by atomic mass is 10.3. The van der Waals surface area contributed by atoms with Crippen LogP contribution < -0.4 is 5.32 Å². The Hall–Kier alpha value is -2.77. The third kappa shape index (κ3) is 3.60. The summed E-state index contributed by atoms with van der Waals surface area (Å²) in [5.74, 6) is -1.20. The first-order valence-electron chi connectivity index (χ1n) is 5.48. The van der Waals surface area contributed by atoms with E-state index in [1.54, 1.807) is 0 Å². The van der Waals surface area contributed by atoms with Gasteiger partial charge in [-0.05, 0) is 12.1 Å². The minimum absolute atomic E-state index is 0.117. The molecule has 0 aliphatic heterocycles. The number of hydrogen-bond donors (Lipinski definition) is 2. The van der Waals surface area contributed by atoms with Gasteiger partial charge in [-0.15, -0.1) is 0 Å². The number of nitrogens with one attached hydrogen (secondary N) is 1. The number of amides is 1. The van der Waals surface area contributed by atoms with Crippen LogP contribution >= 0.6 is 0 Å². The minimum Gasteiger partial charge on any atom is -0.477 e. The average molecular weight is 261 g/mol. The summed E-state index contributed by atoms with van der Waals surface area (Å²) in [5, 5.41) is 15.2. The molecule has 0 atom stereocenters. The van der Waals surface area contributed by atoms with Crippen molar-refractivity contribution in [2.24, 2.45) is 0 Å². The molecule has 0 aliphatic carbocycles. The van der Waals surface area contributed by atoms with Crippen LogP contribution in [-0.2, 0) is 11.3 Å². The van der Waals surface area contributed by atoms with Gasteiger partial charge in [0.15, 0.2) is 5.69 Å². The van der Waals surface area contributed by atoms with Gasteiger partial charge in [-0.1, -0.05) is 6.07 Å². The fraction of sp³-hybridized carbons (Fsp3) is 0.182. The van der Waals surface area contributed by atoms with Crippen molar-refractivity contribution in [2.75, 3.05) is 5.32 Å². The molecule has 2 rings (SSSR count). The van der Waals surface area contributed by atoms with Crippen molar-refractivity contribution in [2.45, 2.75) is 13.0 Å². The molecule has 0 radical (unpaired) electrons. The van der Waals surface area contributed by atoms with Crippen molar-refractivity contribution < 1.29 is 14.7 Å². The lowest BCUT2D eigenvalue weighted by Gasteiger charge is -2.05. The highest BCUT2D eigenvalue weighted by atomic mass is 16.4. The number of nitrogens with zero attached hydrogens (tertiary/aromatic N) is 4. The Labute approximate surface area is 108 Å². The van der Waals surface area contributed by atoms with Crippen molar-refractivity contribution in [3.8, 4) is 0 Å². The molecule has 8 nitrogen and oxygen atoms in total. The SMILES string of the molecule is O=C(CCn1cncn1)Nc1cccc(C(=O)O)n1. The number of rotatable bonds is 5. The zero-order valence-electron chi connectivity index (χ0n) is 9.85. The summed E-state index contributed by atoms with van der Waals surface area (Å²) in [6.45, 7) is 0.393. The van der Waals surface area contributed by atoms with Crippen molar-refractivity contribution in [1.82, 2.24) is 19.7 Å². The number of carboxylic acids is 1. The lowest BCUT2D eigenvalue weighted by Crippen LogP contribution is -2.16. The highest BCUT2D eigenvalue weighted by molar-refractivity contribution is 5.91. The Morgan fingerprint density at radius 3 is 2.89 bits per heavy atom. The van der Waals surface area contributed by atoms with E-state index in [0.29, 0.717) is 6.54 Å². The molecule has 0 saturated heterocycles. The molecule has 0 aromatic carbocycles. The monoisotopic (exact) mass is 261 g/mol. The van der Waals surface area contributed by atoms with E-state index < -0.39 is 5.97 Å².